The SMILES string of the molecule is CC(=O)C1=CC2=C(CC1)OCCO2. The van der Waals surface area contributed by atoms with Crippen LogP contribution in [0.4, 0.5) is 0 Å². The highest BCUT2D eigenvalue weighted by Gasteiger charge is 2.20. The Hall–Kier alpha value is -1.25. The maximum atomic E-state index is 11.1. The number of rotatable bonds is 1. The lowest BCUT2D eigenvalue weighted by Gasteiger charge is -2.24. The Labute approximate surface area is 77.0 Å². The number of Topliss-reactive ketones (excluding diaryl/α,β-unsaturated/α-hetero) is 1. The van der Waals surface area contributed by atoms with Crippen molar-refractivity contribution in [3.8, 4) is 0 Å². The molecule has 0 N–H and O–H groups in total. The highest BCUT2D eigenvalue weighted by Crippen LogP contribution is 2.28. The minimum absolute atomic E-state index is 0.126. The van der Waals surface area contributed by atoms with E-state index in [1.54, 1.807) is 13.0 Å². The molecule has 0 amide bonds. The second kappa shape index (κ2) is 3.24. The topological polar surface area (TPSA) is 35.5 Å². The van der Waals surface area contributed by atoms with Gasteiger partial charge in [0.15, 0.2) is 11.5 Å². The summed E-state index contributed by atoms with van der Waals surface area (Å²) in [5.74, 6) is 1.78. The number of hydrogen-bond acceptors (Lipinski definition) is 3. The summed E-state index contributed by atoms with van der Waals surface area (Å²) in [6, 6.07) is 0. The maximum Gasteiger partial charge on any atom is 0.157 e. The third-order valence-corrected chi connectivity index (χ3v) is 2.27. The van der Waals surface area contributed by atoms with Crippen molar-refractivity contribution >= 4 is 5.78 Å². The maximum absolute atomic E-state index is 11.1. The first-order valence-electron chi connectivity index (χ1n) is 4.47. The van der Waals surface area contributed by atoms with E-state index in [-0.39, 0.29) is 5.78 Å². The van der Waals surface area contributed by atoms with Gasteiger partial charge in [-0.1, -0.05) is 0 Å². The number of hydrogen-bond donors (Lipinski definition) is 0. The van der Waals surface area contributed by atoms with Gasteiger partial charge in [-0.2, -0.15) is 0 Å². The molecule has 0 aromatic rings. The van der Waals surface area contributed by atoms with Gasteiger partial charge in [0, 0.05) is 6.42 Å². The molecule has 13 heavy (non-hydrogen) atoms. The minimum Gasteiger partial charge on any atom is -0.491 e. The molecule has 3 nitrogen and oxygen atoms in total. The zero-order valence-electron chi connectivity index (χ0n) is 7.63. The summed E-state index contributed by atoms with van der Waals surface area (Å²) in [7, 11) is 0. The highest BCUT2D eigenvalue weighted by atomic mass is 16.6. The average Bonchev–Trinajstić information content (AvgIpc) is 2.17. The van der Waals surface area contributed by atoms with Crippen LogP contribution < -0.4 is 0 Å². The van der Waals surface area contributed by atoms with Gasteiger partial charge in [0.05, 0.1) is 0 Å². The van der Waals surface area contributed by atoms with Crippen LogP contribution in [0.15, 0.2) is 23.2 Å². The summed E-state index contributed by atoms with van der Waals surface area (Å²) < 4.78 is 10.8. The summed E-state index contributed by atoms with van der Waals surface area (Å²) in [6.45, 7) is 2.80. The van der Waals surface area contributed by atoms with E-state index in [0.717, 1.165) is 29.9 Å². The van der Waals surface area contributed by atoms with Crippen molar-refractivity contribution in [2.24, 2.45) is 0 Å². The molecule has 1 aliphatic carbocycles. The number of ketones is 1. The van der Waals surface area contributed by atoms with E-state index < -0.39 is 0 Å². The molecule has 0 radical (unpaired) electrons. The number of allylic oxidation sites excluding steroid dienone is 3. The Bertz CT molecular complexity index is 299. The van der Waals surface area contributed by atoms with Crippen molar-refractivity contribution in [2.45, 2.75) is 19.8 Å². The van der Waals surface area contributed by atoms with Gasteiger partial charge in [-0.25, -0.2) is 0 Å². The van der Waals surface area contributed by atoms with Gasteiger partial charge in [0.2, 0.25) is 0 Å². The molecule has 2 aliphatic rings. The molecule has 0 bridgehead atoms. The van der Waals surface area contributed by atoms with Crippen molar-refractivity contribution in [2.75, 3.05) is 13.2 Å². The van der Waals surface area contributed by atoms with Crippen molar-refractivity contribution in [3.63, 3.8) is 0 Å². The molecular weight excluding hydrogens is 168 g/mol. The van der Waals surface area contributed by atoms with Crippen LogP contribution in [0.25, 0.3) is 0 Å². The molecule has 0 atom stereocenters. The monoisotopic (exact) mass is 180 g/mol. The van der Waals surface area contributed by atoms with Crippen LogP contribution in [0, 0.1) is 0 Å². The van der Waals surface area contributed by atoms with Crippen LogP contribution in [0.1, 0.15) is 19.8 Å². The van der Waals surface area contributed by atoms with Gasteiger partial charge in [0.25, 0.3) is 0 Å². The molecule has 0 saturated carbocycles. The van der Waals surface area contributed by atoms with Crippen LogP contribution in [0.5, 0.6) is 0 Å². The first-order valence-corrected chi connectivity index (χ1v) is 4.47. The Morgan fingerprint density at radius 3 is 2.85 bits per heavy atom. The molecule has 0 fully saturated rings. The first-order chi connectivity index (χ1) is 6.27. The number of carbonyl (C=O) groups is 1. The van der Waals surface area contributed by atoms with Crippen LogP contribution in [-0.4, -0.2) is 19.0 Å². The van der Waals surface area contributed by atoms with Crippen LogP contribution in [-0.2, 0) is 14.3 Å². The molecule has 1 aliphatic heterocycles. The average molecular weight is 180 g/mol. The Kier molecular flexibility index (Phi) is 2.08. The molecule has 70 valence electrons. The lowest BCUT2D eigenvalue weighted by Crippen LogP contribution is -2.17. The minimum atomic E-state index is 0.126. The molecule has 3 heteroatoms. The Morgan fingerprint density at radius 2 is 2.08 bits per heavy atom. The third kappa shape index (κ3) is 1.59. The lowest BCUT2D eigenvalue weighted by atomic mass is 9.99. The Balaban J connectivity index is 2.25. The molecular formula is C10H12O3. The zero-order valence-corrected chi connectivity index (χ0v) is 7.63. The van der Waals surface area contributed by atoms with Gasteiger partial charge in [-0.3, -0.25) is 4.79 Å². The lowest BCUT2D eigenvalue weighted by molar-refractivity contribution is -0.113. The van der Waals surface area contributed by atoms with Crippen molar-refractivity contribution in [3.05, 3.63) is 23.2 Å². The third-order valence-electron chi connectivity index (χ3n) is 2.27. The molecule has 0 saturated heterocycles. The highest BCUT2D eigenvalue weighted by molar-refractivity contribution is 5.93. The van der Waals surface area contributed by atoms with Crippen LogP contribution in [0.2, 0.25) is 0 Å². The largest absolute Gasteiger partial charge is 0.491 e. The molecule has 0 spiro atoms. The van der Waals surface area contributed by atoms with Gasteiger partial charge < -0.3 is 9.47 Å². The molecule has 0 aromatic carbocycles. The van der Waals surface area contributed by atoms with E-state index in [1.165, 1.54) is 0 Å². The van der Waals surface area contributed by atoms with E-state index in [9.17, 15) is 4.79 Å². The van der Waals surface area contributed by atoms with Gasteiger partial charge in [0.1, 0.15) is 19.0 Å². The van der Waals surface area contributed by atoms with Crippen molar-refractivity contribution in [1.82, 2.24) is 0 Å². The summed E-state index contributed by atoms with van der Waals surface area (Å²) in [6.07, 6.45) is 3.37. The van der Waals surface area contributed by atoms with E-state index >= 15 is 0 Å². The number of ether oxygens (including phenoxy) is 2. The van der Waals surface area contributed by atoms with E-state index in [2.05, 4.69) is 0 Å². The second-order valence-electron chi connectivity index (χ2n) is 3.21. The quantitative estimate of drug-likeness (QED) is 0.614. The zero-order chi connectivity index (χ0) is 9.26. The predicted molar refractivity (Wildman–Crippen MR) is 46.9 cm³/mol. The molecule has 1 heterocycles. The number of carbonyl (C=O) groups excluding carboxylic acids is 1. The van der Waals surface area contributed by atoms with E-state index in [0.29, 0.717) is 13.2 Å². The predicted octanol–water partition coefficient (Wildman–Crippen LogP) is 1.55. The summed E-state index contributed by atoms with van der Waals surface area (Å²) in [5.41, 5.74) is 0.837. The summed E-state index contributed by atoms with van der Waals surface area (Å²) in [4.78, 5) is 11.1. The standard InChI is InChI=1S/C10H12O3/c1-7(11)8-2-3-9-10(6-8)13-5-4-12-9/h6H,2-5H2,1H3. The fourth-order valence-corrected chi connectivity index (χ4v) is 1.54. The van der Waals surface area contributed by atoms with Gasteiger partial charge in [-0.05, 0) is 25.0 Å². The van der Waals surface area contributed by atoms with Gasteiger partial charge in [-0.15, -0.1) is 0 Å². The molecule has 2 rings (SSSR count). The van der Waals surface area contributed by atoms with Crippen LogP contribution in [0.3, 0.4) is 0 Å². The summed E-state index contributed by atoms with van der Waals surface area (Å²) >= 11 is 0. The Morgan fingerprint density at radius 1 is 1.31 bits per heavy atom. The fraction of sp³-hybridized carbons (Fsp3) is 0.500. The van der Waals surface area contributed by atoms with Crippen molar-refractivity contribution in [1.29, 1.82) is 0 Å². The van der Waals surface area contributed by atoms with Crippen molar-refractivity contribution < 1.29 is 14.3 Å². The second-order valence-corrected chi connectivity index (χ2v) is 3.21. The molecule has 0 aromatic heterocycles. The van der Waals surface area contributed by atoms with Gasteiger partial charge >= 0.3 is 0 Å². The fourth-order valence-electron chi connectivity index (χ4n) is 1.54. The van der Waals surface area contributed by atoms with Crippen LogP contribution >= 0.6 is 0 Å². The summed E-state index contributed by atoms with van der Waals surface area (Å²) in [5, 5.41) is 0. The normalized spacial score (nSPS) is 21.2. The van der Waals surface area contributed by atoms with E-state index in [4.69, 9.17) is 9.47 Å². The van der Waals surface area contributed by atoms with E-state index in [1.807, 2.05) is 0 Å². The first kappa shape index (κ1) is 8.35. The molecule has 0 unspecified atom stereocenters. The smallest absolute Gasteiger partial charge is 0.157 e.